The minimum atomic E-state index is -4.70. The summed E-state index contributed by atoms with van der Waals surface area (Å²) in [4.78, 5) is 4.61. The molecule has 0 amide bonds. The molecule has 0 aromatic heterocycles. The molecule has 3 rings (SSSR count). The van der Waals surface area contributed by atoms with Crippen molar-refractivity contribution in [3.63, 3.8) is 0 Å². The molecule has 158 valence electrons. The first-order valence-corrected chi connectivity index (χ1v) is 10.2. The van der Waals surface area contributed by atoms with Crippen molar-refractivity contribution in [1.82, 2.24) is 9.80 Å². The largest absolute Gasteiger partial charge is 0.573 e. The summed E-state index contributed by atoms with van der Waals surface area (Å²) in [6.45, 7) is 2.67. The molecular weight excluding hydrogens is 369 g/mol. The van der Waals surface area contributed by atoms with Gasteiger partial charge < -0.3 is 19.6 Å². The molecule has 1 N–H and O–H groups in total. The highest BCUT2D eigenvalue weighted by atomic mass is 19.4. The lowest BCUT2D eigenvalue weighted by atomic mass is 9.74. The van der Waals surface area contributed by atoms with Crippen LogP contribution in [0.2, 0.25) is 0 Å². The average molecular weight is 400 g/mol. The quantitative estimate of drug-likeness (QED) is 0.787. The Morgan fingerprint density at radius 3 is 2.61 bits per heavy atom. The van der Waals surface area contributed by atoms with E-state index in [2.05, 4.69) is 28.6 Å². The van der Waals surface area contributed by atoms with Gasteiger partial charge in [0.25, 0.3) is 0 Å². The van der Waals surface area contributed by atoms with Crippen molar-refractivity contribution in [3.05, 3.63) is 29.8 Å². The number of hydrogen-bond donors (Lipinski definition) is 1. The van der Waals surface area contributed by atoms with Gasteiger partial charge in [0.1, 0.15) is 5.75 Å². The number of halogens is 3. The van der Waals surface area contributed by atoms with Crippen LogP contribution in [0.3, 0.4) is 0 Å². The third-order valence-corrected chi connectivity index (χ3v) is 6.25. The number of aliphatic hydroxyl groups is 1. The molecular formula is C21H31F3N2O2. The molecule has 0 bridgehead atoms. The fourth-order valence-corrected chi connectivity index (χ4v) is 4.72. The zero-order valence-corrected chi connectivity index (χ0v) is 16.7. The molecule has 1 aliphatic carbocycles. The molecule has 1 aromatic carbocycles. The standard InChI is InChI=1S/C21H31F3N2O2/c1-25(2)16-10-11-26(13-16)14-19(18-8-3-4-9-20(18)27)15-6-5-7-17(12-15)28-21(22,23)24/h5-7,12,16,18-20,27H,3-4,8-11,13-14H2,1-2H3/t16-,18?,19?,20?/m1/s1. The van der Waals surface area contributed by atoms with Crippen LogP contribution in [0.4, 0.5) is 13.2 Å². The number of likely N-dealkylation sites (tertiary alicyclic amines) is 1. The molecule has 1 saturated carbocycles. The van der Waals surface area contributed by atoms with Gasteiger partial charge in [-0.15, -0.1) is 13.2 Å². The van der Waals surface area contributed by atoms with Crippen LogP contribution in [0.15, 0.2) is 24.3 Å². The van der Waals surface area contributed by atoms with E-state index >= 15 is 0 Å². The van der Waals surface area contributed by atoms with Gasteiger partial charge in [0, 0.05) is 25.0 Å². The minimum absolute atomic E-state index is 0.00649. The second kappa shape index (κ2) is 9.01. The zero-order chi connectivity index (χ0) is 20.3. The first-order valence-electron chi connectivity index (χ1n) is 10.2. The van der Waals surface area contributed by atoms with E-state index in [0.717, 1.165) is 57.3 Å². The summed E-state index contributed by atoms with van der Waals surface area (Å²) < 4.78 is 42.1. The summed E-state index contributed by atoms with van der Waals surface area (Å²) >= 11 is 0. The third-order valence-electron chi connectivity index (χ3n) is 6.25. The van der Waals surface area contributed by atoms with E-state index in [-0.39, 0.29) is 17.6 Å². The van der Waals surface area contributed by atoms with Crippen molar-refractivity contribution in [2.45, 2.75) is 56.5 Å². The van der Waals surface area contributed by atoms with E-state index < -0.39 is 12.5 Å². The molecule has 4 nitrogen and oxygen atoms in total. The van der Waals surface area contributed by atoms with E-state index in [1.54, 1.807) is 6.07 Å². The highest BCUT2D eigenvalue weighted by Crippen LogP contribution is 2.39. The Kier molecular flexibility index (Phi) is 6.89. The molecule has 2 fully saturated rings. The Morgan fingerprint density at radius 1 is 1.21 bits per heavy atom. The number of rotatable bonds is 6. The van der Waals surface area contributed by atoms with Crippen LogP contribution in [0.1, 0.15) is 43.6 Å². The number of likely N-dealkylation sites (N-methyl/N-ethyl adjacent to an activating group) is 1. The summed E-state index contributed by atoms with van der Waals surface area (Å²) in [5.74, 6) is -0.130. The van der Waals surface area contributed by atoms with Crippen LogP contribution in [0.5, 0.6) is 5.75 Å². The van der Waals surface area contributed by atoms with E-state index in [0.29, 0.717) is 6.04 Å². The van der Waals surface area contributed by atoms with Gasteiger partial charge in [0.2, 0.25) is 0 Å². The Bertz CT molecular complexity index is 638. The Balaban J connectivity index is 1.81. The fraction of sp³-hybridized carbons (Fsp3) is 0.714. The second-order valence-electron chi connectivity index (χ2n) is 8.41. The Labute approximate surface area is 165 Å². The average Bonchev–Trinajstić information content (AvgIpc) is 3.08. The van der Waals surface area contributed by atoms with Crippen molar-refractivity contribution in [2.75, 3.05) is 33.7 Å². The number of nitrogens with zero attached hydrogens (tertiary/aromatic N) is 2. The van der Waals surface area contributed by atoms with Crippen molar-refractivity contribution in [1.29, 1.82) is 0 Å². The predicted molar refractivity (Wildman–Crippen MR) is 102 cm³/mol. The fourth-order valence-electron chi connectivity index (χ4n) is 4.72. The van der Waals surface area contributed by atoms with Gasteiger partial charge in [-0.1, -0.05) is 25.0 Å². The molecule has 1 heterocycles. The monoisotopic (exact) mass is 400 g/mol. The van der Waals surface area contributed by atoms with Crippen LogP contribution >= 0.6 is 0 Å². The highest BCUT2D eigenvalue weighted by Gasteiger charge is 2.36. The minimum Gasteiger partial charge on any atom is -0.406 e. The lowest BCUT2D eigenvalue weighted by Gasteiger charge is -2.37. The number of benzene rings is 1. The van der Waals surface area contributed by atoms with Crippen molar-refractivity contribution >= 4 is 0 Å². The van der Waals surface area contributed by atoms with Crippen LogP contribution in [0.25, 0.3) is 0 Å². The zero-order valence-electron chi connectivity index (χ0n) is 16.7. The molecule has 1 saturated heterocycles. The molecule has 3 unspecified atom stereocenters. The smallest absolute Gasteiger partial charge is 0.406 e. The maximum absolute atomic E-state index is 12.7. The number of hydrogen-bond acceptors (Lipinski definition) is 4. The molecule has 28 heavy (non-hydrogen) atoms. The van der Waals surface area contributed by atoms with E-state index in [4.69, 9.17) is 0 Å². The van der Waals surface area contributed by atoms with E-state index in [9.17, 15) is 18.3 Å². The highest BCUT2D eigenvalue weighted by molar-refractivity contribution is 5.32. The summed E-state index contributed by atoms with van der Waals surface area (Å²) in [7, 11) is 4.16. The van der Waals surface area contributed by atoms with Gasteiger partial charge in [-0.05, 0) is 63.5 Å². The van der Waals surface area contributed by atoms with Gasteiger partial charge in [-0.25, -0.2) is 0 Å². The Hall–Kier alpha value is -1.31. The maximum atomic E-state index is 12.7. The number of aliphatic hydroxyl groups excluding tert-OH is 1. The molecule has 1 aliphatic heterocycles. The van der Waals surface area contributed by atoms with Gasteiger partial charge in [0.15, 0.2) is 0 Å². The van der Waals surface area contributed by atoms with Crippen LogP contribution in [-0.2, 0) is 0 Å². The molecule has 0 spiro atoms. The van der Waals surface area contributed by atoms with Gasteiger partial charge in [-0.2, -0.15) is 0 Å². The number of alkyl halides is 3. The van der Waals surface area contributed by atoms with Crippen molar-refractivity contribution in [3.8, 4) is 5.75 Å². The first kappa shape index (κ1) is 21.4. The SMILES string of the molecule is CN(C)[C@@H]1CCN(CC(c2cccc(OC(F)(F)F)c2)C2CCCCC2O)C1. The third kappa shape index (κ3) is 5.61. The van der Waals surface area contributed by atoms with Crippen molar-refractivity contribution in [2.24, 2.45) is 5.92 Å². The summed E-state index contributed by atoms with van der Waals surface area (Å²) in [5, 5.41) is 10.6. The van der Waals surface area contributed by atoms with E-state index in [1.807, 2.05) is 6.07 Å². The second-order valence-corrected chi connectivity index (χ2v) is 8.41. The van der Waals surface area contributed by atoms with E-state index in [1.165, 1.54) is 12.1 Å². The van der Waals surface area contributed by atoms with Gasteiger partial charge in [0.05, 0.1) is 6.10 Å². The van der Waals surface area contributed by atoms with Crippen LogP contribution < -0.4 is 4.74 Å². The predicted octanol–water partition coefficient (Wildman–Crippen LogP) is 3.86. The lowest BCUT2D eigenvalue weighted by Crippen LogP contribution is -2.38. The van der Waals surface area contributed by atoms with Crippen LogP contribution in [-0.4, -0.2) is 67.1 Å². The summed E-state index contributed by atoms with van der Waals surface area (Å²) in [6, 6.07) is 6.82. The molecule has 7 heteroatoms. The van der Waals surface area contributed by atoms with Crippen molar-refractivity contribution < 1.29 is 23.0 Å². The molecule has 1 aromatic rings. The summed E-state index contributed by atoms with van der Waals surface area (Å²) in [6.07, 6.45) is -0.290. The molecule has 0 radical (unpaired) electrons. The first-order chi connectivity index (χ1) is 13.2. The Morgan fingerprint density at radius 2 is 1.96 bits per heavy atom. The molecule has 4 atom stereocenters. The van der Waals surface area contributed by atoms with Crippen LogP contribution in [0, 0.1) is 5.92 Å². The summed E-state index contributed by atoms with van der Waals surface area (Å²) in [5.41, 5.74) is 0.820. The topological polar surface area (TPSA) is 35.9 Å². The maximum Gasteiger partial charge on any atom is 0.573 e. The normalized spacial score (nSPS) is 27.9. The lowest BCUT2D eigenvalue weighted by molar-refractivity contribution is -0.274. The van der Waals surface area contributed by atoms with Gasteiger partial charge in [-0.3, -0.25) is 0 Å². The molecule has 2 aliphatic rings. The number of ether oxygens (including phenoxy) is 1. The van der Waals surface area contributed by atoms with Gasteiger partial charge >= 0.3 is 6.36 Å².